The van der Waals surface area contributed by atoms with E-state index in [1.807, 2.05) is 30.1 Å². The van der Waals surface area contributed by atoms with E-state index in [2.05, 4.69) is 4.72 Å². The molecule has 1 aliphatic heterocycles. The topological polar surface area (TPSA) is 71.4 Å². The Hall–Kier alpha value is -2.12. The summed E-state index contributed by atoms with van der Waals surface area (Å²) in [5.41, 5.74) is 2.60. The summed E-state index contributed by atoms with van der Waals surface area (Å²) in [7, 11) is -1.68. The zero-order chi connectivity index (χ0) is 16.6. The summed E-state index contributed by atoms with van der Waals surface area (Å²) in [6, 6.07) is 6.79. The Balaban J connectivity index is 1.80. The molecule has 1 amide bonds. The third kappa shape index (κ3) is 3.16. The number of anilines is 1. The van der Waals surface area contributed by atoms with E-state index in [-0.39, 0.29) is 17.3 Å². The van der Waals surface area contributed by atoms with Gasteiger partial charge in [-0.25, -0.2) is 13.1 Å². The minimum absolute atomic E-state index is 0.0263. The van der Waals surface area contributed by atoms with E-state index in [4.69, 9.17) is 0 Å². The fraction of sp³-hybridized carbons (Fsp3) is 0.312. The Kier molecular flexibility index (Phi) is 3.99. The van der Waals surface area contributed by atoms with Gasteiger partial charge in [0.2, 0.25) is 15.9 Å². The molecule has 0 bridgehead atoms. The molecule has 0 unspecified atom stereocenters. The van der Waals surface area contributed by atoms with Crippen LogP contribution >= 0.6 is 0 Å². The molecule has 0 spiro atoms. The number of sulfonamides is 1. The molecule has 0 saturated carbocycles. The highest BCUT2D eigenvalue weighted by molar-refractivity contribution is 7.89. The lowest BCUT2D eigenvalue weighted by Crippen LogP contribution is -2.26. The summed E-state index contributed by atoms with van der Waals surface area (Å²) in [6.07, 6.45) is 4.42. The Labute approximate surface area is 135 Å². The van der Waals surface area contributed by atoms with Crippen LogP contribution in [-0.2, 0) is 34.8 Å². The molecule has 1 aromatic carbocycles. The van der Waals surface area contributed by atoms with Crippen LogP contribution in [0.2, 0.25) is 0 Å². The molecule has 2 aromatic rings. The maximum absolute atomic E-state index is 12.4. The van der Waals surface area contributed by atoms with Gasteiger partial charge in [0.1, 0.15) is 0 Å². The first-order valence-electron chi connectivity index (χ1n) is 7.38. The van der Waals surface area contributed by atoms with E-state index in [0.717, 1.165) is 16.8 Å². The van der Waals surface area contributed by atoms with Crippen molar-refractivity contribution in [3.05, 3.63) is 47.8 Å². The first kappa shape index (κ1) is 15.8. The zero-order valence-corrected chi connectivity index (χ0v) is 13.9. The molecule has 1 aliphatic rings. The predicted molar refractivity (Wildman–Crippen MR) is 87.6 cm³/mol. The van der Waals surface area contributed by atoms with Gasteiger partial charge in [0.05, 0.1) is 4.90 Å². The van der Waals surface area contributed by atoms with Crippen LogP contribution in [0, 0.1) is 0 Å². The van der Waals surface area contributed by atoms with Crippen molar-refractivity contribution < 1.29 is 13.2 Å². The fourth-order valence-corrected chi connectivity index (χ4v) is 3.87. The standard InChI is InChI=1S/C16H19N3O3S/c1-12(20)19-8-6-14-9-15(3-4-16(14)19)23(21,22)17-10-13-5-7-18(2)11-13/h3-5,7,9,11,17H,6,8,10H2,1-2H3. The van der Waals surface area contributed by atoms with Crippen LogP contribution in [0.4, 0.5) is 5.69 Å². The van der Waals surface area contributed by atoms with Crippen molar-refractivity contribution >= 4 is 21.6 Å². The molecule has 0 fully saturated rings. The van der Waals surface area contributed by atoms with Crippen LogP contribution in [0.25, 0.3) is 0 Å². The summed E-state index contributed by atoms with van der Waals surface area (Å²) in [5.74, 6) is -0.0263. The zero-order valence-electron chi connectivity index (χ0n) is 13.1. The van der Waals surface area contributed by atoms with Gasteiger partial charge in [0.25, 0.3) is 0 Å². The number of hydrogen-bond donors (Lipinski definition) is 1. The molecule has 3 rings (SSSR count). The number of carbonyl (C=O) groups is 1. The number of carbonyl (C=O) groups excluding carboxylic acids is 1. The lowest BCUT2D eigenvalue weighted by atomic mass is 10.2. The Morgan fingerprint density at radius 3 is 2.74 bits per heavy atom. The second-order valence-corrected chi connectivity index (χ2v) is 7.49. The largest absolute Gasteiger partial charge is 0.357 e. The number of rotatable bonds is 4. The van der Waals surface area contributed by atoms with E-state index < -0.39 is 10.0 Å². The molecule has 2 heterocycles. The van der Waals surface area contributed by atoms with Gasteiger partial charge in [-0.3, -0.25) is 4.79 Å². The molecule has 122 valence electrons. The number of aromatic nitrogens is 1. The Morgan fingerprint density at radius 2 is 2.09 bits per heavy atom. The van der Waals surface area contributed by atoms with Gasteiger partial charge in [-0.2, -0.15) is 0 Å². The predicted octanol–water partition coefficient (Wildman–Crippen LogP) is 1.41. The van der Waals surface area contributed by atoms with Crippen molar-refractivity contribution in [2.75, 3.05) is 11.4 Å². The SMILES string of the molecule is CC(=O)N1CCc2cc(S(=O)(=O)NCc3ccn(C)c3)ccc21. The molecule has 7 heteroatoms. The number of amides is 1. The summed E-state index contributed by atoms with van der Waals surface area (Å²) in [4.78, 5) is 13.4. The monoisotopic (exact) mass is 333 g/mol. The van der Waals surface area contributed by atoms with Gasteiger partial charge < -0.3 is 9.47 Å². The van der Waals surface area contributed by atoms with Crippen molar-refractivity contribution in [2.45, 2.75) is 24.8 Å². The van der Waals surface area contributed by atoms with Crippen LogP contribution in [0.1, 0.15) is 18.1 Å². The summed E-state index contributed by atoms with van der Waals surface area (Å²) < 4.78 is 29.3. The van der Waals surface area contributed by atoms with Gasteiger partial charge in [0.15, 0.2) is 0 Å². The summed E-state index contributed by atoms with van der Waals surface area (Å²) >= 11 is 0. The van der Waals surface area contributed by atoms with E-state index >= 15 is 0 Å². The summed E-state index contributed by atoms with van der Waals surface area (Å²) in [5, 5.41) is 0. The Bertz CT molecular complexity index is 855. The number of fused-ring (bicyclic) bond motifs is 1. The summed E-state index contributed by atoms with van der Waals surface area (Å²) in [6.45, 7) is 2.37. The van der Waals surface area contributed by atoms with Crippen LogP contribution in [0.15, 0.2) is 41.6 Å². The van der Waals surface area contributed by atoms with E-state index in [1.54, 1.807) is 23.1 Å². The minimum atomic E-state index is -3.57. The fourth-order valence-electron chi connectivity index (χ4n) is 2.80. The maximum Gasteiger partial charge on any atom is 0.240 e. The highest BCUT2D eigenvalue weighted by atomic mass is 32.2. The molecule has 0 atom stereocenters. The van der Waals surface area contributed by atoms with Gasteiger partial charge in [-0.05, 0) is 41.8 Å². The van der Waals surface area contributed by atoms with E-state index in [1.165, 1.54) is 6.92 Å². The quantitative estimate of drug-likeness (QED) is 0.920. The van der Waals surface area contributed by atoms with Crippen molar-refractivity contribution in [3.63, 3.8) is 0 Å². The van der Waals surface area contributed by atoms with Crippen molar-refractivity contribution in [2.24, 2.45) is 7.05 Å². The lowest BCUT2D eigenvalue weighted by Gasteiger charge is -2.15. The molecule has 0 radical (unpaired) electrons. The van der Waals surface area contributed by atoms with Crippen LogP contribution in [-0.4, -0.2) is 25.4 Å². The average Bonchev–Trinajstić information content (AvgIpc) is 3.10. The molecular formula is C16H19N3O3S. The van der Waals surface area contributed by atoms with Crippen LogP contribution < -0.4 is 9.62 Å². The molecule has 23 heavy (non-hydrogen) atoms. The molecule has 0 aliphatic carbocycles. The first-order valence-corrected chi connectivity index (χ1v) is 8.87. The number of benzene rings is 1. The molecule has 1 N–H and O–H groups in total. The van der Waals surface area contributed by atoms with E-state index in [9.17, 15) is 13.2 Å². The molecular weight excluding hydrogens is 314 g/mol. The molecule has 0 saturated heterocycles. The minimum Gasteiger partial charge on any atom is -0.357 e. The normalized spacial score (nSPS) is 14.1. The van der Waals surface area contributed by atoms with Gasteiger partial charge >= 0.3 is 0 Å². The van der Waals surface area contributed by atoms with Crippen LogP contribution in [0.5, 0.6) is 0 Å². The van der Waals surface area contributed by atoms with Crippen molar-refractivity contribution in [1.82, 2.24) is 9.29 Å². The smallest absolute Gasteiger partial charge is 0.240 e. The van der Waals surface area contributed by atoms with Gasteiger partial charge in [-0.15, -0.1) is 0 Å². The molecule has 6 nitrogen and oxygen atoms in total. The maximum atomic E-state index is 12.4. The van der Waals surface area contributed by atoms with Gasteiger partial charge in [0, 0.05) is 45.1 Å². The number of nitrogens with one attached hydrogen (secondary N) is 1. The second kappa shape index (κ2) is 5.82. The second-order valence-electron chi connectivity index (χ2n) is 5.72. The average molecular weight is 333 g/mol. The number of aryl methyl sites for hydroxylation is 1. The van der Waals surface area contributed by atoms with E-state index in [0.29, 0.717) is 13.0 Å². The lowest BCUT2D eigenvalue weighted by molar-refractivity contribution is -0.116. The van der Waals surface area contributed by atoms with Crippen molar-refractivity contribution in [1.29, 1.82) is 0 Å². The third-order valence-electron chi connectivity index (χ3n) is 4.00. The highest BCUT2D eigenvalue weighted by Gasteiger charge is 2.24. The number of nitrogens with zero attached hydrogens (tertiary/aromatic N) is 2. The number of hydrogen-bond acceptors (Lipinski definition) is 3. The third-order valence-corrected chi connectivity index (χ3v) is 5.40. The van der Waals surface area contributed by atoms with Gasteiger partial charge in [-0.1, -0.05) is 0 Å². The Morgan fingerprint density at radius 1 is 1.30 bits per heavy atom. The molecule has 1 aromatic heterocycles. The highest BCUT2D eigenvalue weighted by Crippen LogP contribution is 2.30. The van der Waals surface area contributed by atoms with Crippen molar-refractivity contribution in [3.8, 4) is 0 Å². The van der Waals surface area contributed by atoms with Crippen LogP contribution in [0.3, 0.4) is 0 Å². The first-order chi connectivity index (χ1) is 10.9.